The fraction of sp³-hybridized carbons (Fsp3) is 0.100. The summed E-state index contributed by atoms with van der Waals surface area (Å²) in [5, 5.41) is 3.29. The van der Waals surface area contributed by atoms with Crippen molar-refractivity contribution >= 4 is 91.1 Å². The molecule has 3 aromatic carbocycles. The molecule has 0 N–H and O–H groups in total. The van der Waals surface area contributed by atoms with E-state index in [-0.39, 0.29) is 25.1 Å². The van der Waals surface area contributed by atoms with Crippen molar-refractivity contribution < 1.29 is 0 Å². The molecule has 0 saturated carbocycles. The van der Waals surface area contributed by atoms with Crippen molar-refractivity contribution in [1.29, 1.82) is 0 Å². The van der Waals surface area contributed by atoms with Crippen LogP contribution in [-0.2, 0) is 0 Å². The van der Waals surface area contributed by atoms with Gasteiger partial charge in [0.2, 0.25) is 0 Å². The third kappa shape index (κ3) is 3.19. The molecule has 27 heavy (non-hydrogen) atoms. The molecule has 0 aliphatic carbocycles. The molecule has 142 valence electrons. The Morgan fingerprint density at radius 3 is 1.26 bits per heavy atom. The molecule has 0 saturated heterocycles. The normalized spacial score (nSPS) is 13.2. The molecule has 0 amide bonds. The molecule has 0 unspecified atom stereocenters. The van der Waals surface area contributed by atoms with E-state index >= 15 is 0 Å². The van der Waals surface area contributed by atoms with Gasteiger partial charge < -0.3 is 0 Å². The van der Waals surface area contributed by atoms with E-state index in [1.807, 2.05) is 67.6 Å². The summed E-state index contributed by atoms with van der Waals surface area (Å²) in [6.07, 6.45) is 0.564. The van der Waals surface area contributed by atoms with Gasteiger partial charge in [-0.3, -0.25) is 0 Å². The fourth-order valence-corrected chi connectivity index (χ4v) is 11.7. The van der Waals surface area contributed by atoms with Gasteiger partial charge in [0.05, 0.1) is 0 Å². The van der Waals surface area contributed by atoms with Crippen molar-refractivity contribution in [2.75, 3.05) is 6.16 Å². The van der Waals surface area contributed by atoms with Crippen LogP contribution < -0.4 is 15.9 Å². The Morgan fingerprint density at radius 2 is 0.926 bits per heavy atom. The molecule has 0 aliphatic heterocycles. The Morgan fingerprint density at radius 1 is 0.593 bits per heavy atom. The van der Waals surface area contributed by atoms with Crippen LogP contribution in [0.2, 0.25) is 25.1 Å². The topological polar surface area (TPSA) is 0 Å². The van der Waals surface area contributed by atoms with Crippen LogP contribution in [0, 0.1) is 0 Å². The van der Waals surface area contributed by atoms with Crippen molar-refractivity contribution in [2.45, 2.75) is 6.92 Å². The number of benzene rings is 3. The van der Waals surface area contributed by atoms with Gasteiger partial charge >= 0.3 is 190 Å². The molecule has 0 aromatic heterocycles. The second-order valence-corrected chi connectivity index (χ2v) is 14.7. The summed E-state index contributed by atoms with van der Waals surface area (Å²) in [7, 11) is 0. The second kappa shape index (κ2) is 7.92. The molecule has 7 heteroatoms. The maximum absolute atomic E-state index is 7.77. The van der Waals surface area contributed by atoms with Crippen LogP contribution in [0.15, 0.2) is 60.7 Å². The van der Waals surface area contributed by atoms with Crippen LogP contribution in [-0.4, -0.2) is 6.16 Å². The van der Waals surface area contributed by atoms with Gasteiger partial charge in [0.25, 0.3) is 0 Å². The van der Waals surface area contributed by atoms with Gasteiger partial charge in [-0.1, -0.05) is 0 Å². The first kappa shape index (κ1) is 21.5. The molecule has 0 aliphatic rings. The van der Waals surface area contributed by atoms with Gasteiger partial charge in [-0.2, -0.15) is 0 Å². The predicted molar refractivity (Wildman–Crippen MR) is 127 cm³/mol. The van der Waals surface area contributed by atoms with Crippen LogP contribution in [0.4, 0.5) is 0 Å². The van der Waals surface area contributed by atoms with E-state index in [0.29, 0.717) is 11.5 Å². The summed E-state index contributed by atoms with van der Waals surface area (Å²) in [5.74, 6) is -3.61. The monoisotopic (exact) mass is 496 g/mol. The SMILES string of the molecule is CCP(Cl)(c1ccccc1)(c1ccccc1)c1c(Cl)c(Cl)c(Cl)c(Cl)c1Cl. The van der Waals surface area contributed by atoms with Gasteiger partial charge in [0.15, 0.2) is 0 Å². The summed E-state index contributed by atoms with van der Waals surface area (Å²) in [4.78, 5) is 0. The molecule has 3 rings (SSSR count). The van der Waals surface area contributed by atoms with Crippen LogP contribution in [0.3, 0.4) is 0 Å². The molecule has 0 fully saturated rings. The van der Waals surface area contributed by atoms with E-state index in [2.05, 4.69) is 0 Å². The fourth-order valence-electron chi connectivity index (χ4n) is 3.41. The average Bonchev–Trinajstić information content (AvgIpc) is 2.72. The third-order valence-corrected chi connectivity index (χ3v) is 15.1. The molecule has 0 heterocycles. The van der Waals surface area contributed by atoms with E-state index in [9.17, 15) is 0 Å². The van der Waals surface area contributed by atoms with Gasteiger partial charge in [-0.15, -0.1) is 0 Å². The Bertz CT molecular complexity index is 920. The maximum atomic E-state index is 7.77. The molecule has 0 atom stereocenters. The Kier molecular flexibility index (Phi) is 6.32. The molecule has 3 aromatic rings. The second-order valence-electron chi connectivity index (χ2n) is 6.09. The van der Waals surface area contributed by atoms with Crippen LogP contribution >= 0.6 is 75.2 Å². The van der Waals surface area contributed by atoms with Crippen LogP contribution in [0.25, 0.3) is 0 Å². The number of halogens is 6. The van der Waals surface area contributed by atoms with Crippen LogP contribution in [0.1, 0.15) is 6.92 Å². The number of rotatable bonds is 4. The van der Waals surface area contributed by atoms with Gasteiger partial charge in [0, 0.05) is 0 Å². The van der Waals surface area contributed by atoms with E-state index in [4.69, 9.17) is 69.2 Å². The Balaban J connectivity index is 2.60. The van der Waals surface area contributed by atoms with E-state index in [1.165, 1.54) is 0 Å². The molecule has 0 nitrogen and oxygen atoms in total. The zero-order valence-corrected chi connectivity index (χ0v) is 19.6. The van der Waals surface area contributed by atoms with Gasteiger partial charge in [0.1, 0.15) is 0 Å². The van der Waals surface area contributed by atoms with Crippen molar-refractivity contribution in [3.05, 3.63) is 85.8 Å². The third-order valence-electron chi connectivity index (χ3n) is 4.84. The Labute approximate surface area is 189 Å². The summed E-state index contributed by atoms with van der Waals surface area (Å²) in [5.41, 5.74) is 0. The van der Waals surface area contributed by atoms with Crippen molar-refractivity contribution in [3.8, 4) is 0 Å². The van der Waals surface area contributed by atoms with Crippen molar-refractivity contribution in [3.63, 3.8) is 0 Å². The van der Waals surface area contributed by atoms with Crippen molar-refractivity contribution in [2.24, 2.45) is 0 Å². The molecule has 0 spiro atoms. The van der Waals surface area contributed by atoms with E-state index in [0.717, 1.165) is 10.6 Å². The van der Waals surface area contributed by atoms with E-state index < -0.39 is 5.96 Å². The zero-order valence-electron chi connectivity index (χ0n) is 14.2. The molecular weight excluding hydrogens is 484 g/mol. The predicted octanol–water partition coefficient (Wildman–Crippen LogP) is 7.96. The molecule has 0 bridgehead atoms. The molecule has 0 radical (unpaired) electrons. The van der Waals surface area contributed by atoms with E-state index in [1.54, 1.807) is 0 Å². The standard InChI is InChI=1S/C20H15Cl6P/c1-2-27(26,13-9-5-3-6-10-13,14-11-7-4-8-12-14)20-18(24)16(22)15(21)17(23)19(20)25/h3-12H,2H2,1H3. The minimum absolute atomic E-state index is 0.121. The first-order valence-corrected chi connectivity index (χ1v) is 13.3. The number of hydrogen-bond donors (Lipinski definition) is 0. The summed E-state index contributed by atoms with van der Waals surface area (Å²) < 4.78 is 0. The summed E-state index contributed by atoms with van der Waals surface area (Å²) in [6, 6.07) is 19.6. The quantitative estimate of drug-likeness (QED) is 0.194. The van der Waals surface area contributed by atoms with Crippen LogP contribution in [0.5, 0.6) is 0 Å². The van der Waals surface area contributed by atoms with Gasteiger partial charge in [-0.25, -0.2) is 0 Å². The zero-order chi connectivity index (χ0) is 19.8. The Hall–Kier alpha value is -0.170. The first-order chi connectivity index (χ1) is 12.8. The minimum atomic E-state index is -3.61. The average molecular weight is 499 g/mol. The van der Waals surface area contributed by atoms with Gasteiger partial charge in [-0.05, 0) is 0 Å². The van der Waals surface area contributed by atoms with Crippen molar-refractivity contribution in [1.82, 2.24) is 0 Å². The first-order valence-electron chi connectivity index (χ1n) is 8.13. The number of hydrogen-bond acceptors (Lipinski definition) is 0. The molecular formula is C20H15Cl6P. The summed E-state index contributed by atoms with van der Waals surface area (Å²) in [6.45, 7) is 2.02. The summed E-state index contributed by atoms with van der Waals surface area (Å²) >= 11 is 40.3.